The predicted molar refractivity (Wildman–Crippen MR) is 115 cm³/mol. The van der Waals surface area contributed by atoms with Crippen molar-refractivity contribution in [2.45, 2.75) is 18.4 Å². The van der Waals surface area contributed by atoms with Gasteiger partial charge in [0.15, 0.2) is 0 Å². The second-order valence-corrected chi connectivity index (χ2v) is 10.1. The molecular formula is C20H18ClNO7S2. The Bertz CT molecular complexity index is 1310. The van der Waals surface area contributed by atoms with Crippen molar-refractivity contribution in [2.75, 3.05) is 26.3 Å². The Morgan fingerprint density at radius 1 is 1.26 bits per heavy atom. The van der Waals surface area contributed by atoms with Crippen LogP contribution in [0.5, 0.6) is 0 Å². The first-order chi connectivity index (χ1) is 14.8. The summed E-state index contributed by atoms with van der Waals surface area (Å²) in [6.45, 7) is 2.58. The number of thiophene rings is 1. The van der Waals surface area contributed by atoms with Gasteiger partial charge in [0, 0.05) is 35.1 Å². The molecule has 0 amide bonds. The molecule has 1 aromatic carbocycles. The van der Waals surface area contributed by atoms with Crippen LogP contribution in [0.2, 0.25) is 5.02 Å². The van der Waals surface area contributed by atoms with E-state index in [1.807, 2.05) is 0 Å². The number of ether oxygens (including phenoxy) is 2. The van der Waals surface area contributed by atoms with E-state index < -0.39 is 21.6 Å². The van der Waals surface area contributed by atoms with Gasteiger partial charge < -0.3 is 13.9 Å². The summed E-state index contributed by atoms with van der Waals surface area (Å²) < 4.78 is 42.9. The van der Waals surface area contributed by atoms with Crippen LogP contribution in [0.15, 0.2) is 43.8 Å². The second kappa shape index (κ2) is 8.71. The highest BCUT2D eigenvalue weighted by atomic mass is 35.5. The molecule has 0 aliphatic carbocycles. The molecule has 0 spiro atoms. The van der Waals surface area contributed by atoms with Gasteiger partial charge in [-0.2, -0.15) is 4.31 Å². The number of halogens is 1. The maximum atomic E-state index is 12.9. The quantitative estimate of drug-likeness (QED) is 0.405. The van der Waals surface area contributed by atoms with Crippen molar-refractivity contribution in [1.29, 1.82) is 0 Å². The first-order valence-electron chi connectivity index (χ1n) is 9.33. The predicted octanol–water partition coefficient (Wildman–Crippen LogP) is 3.19. The minimum Gasteiger partial charge on any atom is -0.457 e. The Morgan fingerprint density at radius 2 is 2.00 bits per heavy atom. The van der Waals surface area contributed by atoms with Crippen LogP contribution in [0.3, 0.4) is 0 Å². The van der Waals surface area contributed by atoms with Crippen molar-refractivity contribution < 1.29 is 27.1 Å². The molecule has 164 valence electrons. The molecule has 1 aliphatic rings. The van der Waals surface area contributed by atoms with E-state index in [-0.39, 0.29) is 29.5 Å². The van der Waals surface area contributed by atoms with E-state index in [0.717, 1.165) is 16.9 Å². The molecular weight excluding hydrogens is 466 g/mol. The zero-order valence-electron chi connectivity index (χ0n) is 16.4. The third-order valence-corrected chi connectivity index (χ3v) is 8.24. The zero-order valence-corrected chi connectivity index (χ0v) is 18.8. The molecule has 11 heteroatoms. The molecule has 0 unspecified atom stereocenters. The van der Waals surface area contributed by atoms with Crippen LogP contribution < -0.4 is 5.63 Å². The van der Waals surface area contributed by atoms with E-state index in [1.165, 1.54) is 21.8 Å². The van der Waals surface area contributed by atoms with E-state index in [1.54, 1.807) is 19.1 Å². The van der Waals surface area contributed by atoms with Gasteiger partial charge in [-0.05, 0) is 36.1 Å². The average Bonchev–Trinajstić information content (AvgIpc) is 3.25. The number of hydrogen-bond acceptors (Lipinski definition) is 8. The van der Waals surface area contributed by atoms with Crippen molar-refractivity contribution >= 4 is 49.9 Å². The lowest BCUT2D eigenvalue weighted by molar-refractivity contribution is 0.0475. The number of aryl methyl sites for hydroxylation is 1. The highest BCUT2D eigenvalue weighted by molar-refractivity contribution is 7.89. The molecule has 0 atom stereocenters. The average molecular weight is 484 g/mol. The number of fused-ring (bicyclic) bond motifs is 1. The van der Waals surface area contributed by atoms with Crippen molar-refractivity contribution in [3.8, 4) is 0 Å². The third-order valence-electron chi connectivity index (χ3n) is 4.87. The molecule has 1 aliphatic heterocycles. The van der Waals surface area contributed by atoms with Crippen molar-refractivity contribution in [3.63, 3.8) is 0 Å². The monoisotopic (exact) mass is 483 g/mol. The summed E-state index contributed by atoms with van der Waals surface area (Å²) >= 11 is 7.16. The standard InChI is InChI=1S/C20H18ClNO7S2/c1-12-8-16-14(10-15(12)21)13(9-18(23)29-16)11-28-20(24)19-17(2-7-30-19)31(25,26)22-3-5-27-6-4-22/h2,7-10H,3-6,11H2,1H3. The molecule has 0 saturated carbocycles. The molecule has 0 bridgehead atoms. The van der Waals surface area contributed by atoms with Crippen LogP contribution in [-0.4, -0.2) is 45.0 Å². The summed E-state index contributed by atoms with van der Waals surface area (Å²) in [6.07, 6.45) is 0. The molecule has 1 fully saturated rings. The molecule has 4 rings (SSSR count). The molecule has 8 nitrogen and oxygen atoms in total. The molecule has 0 N–H and O–H groups in total. The van der Waals surface area contributed by atoms with E-state index in [4.69, 9.17) is 25.5 Å². The lowest BCUT2D eigenvalue weighted by Gasteiger charge is -2.25. The number of nitrogens with zero attached hydrogens (tertiary/aromatic N) is 1. The number of morpholine rings is 1. The maximum Gasteiger partial charge on any atom is 0.350 e. The van der Waals surface area contributed by atoms with Crippen molar-refractivity contribution in [3.05, 3.63) is 61.1 Å². The Balaban J connectivity index is 1.59. The van der Waals surface area contributed by atoms with Crippen LogP contribution in [0.1, 0.15) is 20.8 Å². The Kier molecular flexibility index (Phi) is 6.18. The maximum absolute atomic E-state index is 12.9. The number of carbonyl (C=O) groups excluding carboxylic acids is 1. The molecule has 1 saturated heterocycles. The summed E-state index contributed by atoms with van der Waals surface area (Å²) in [7, 11) is -3.85. The number of esters is 1. The van der Waals surface area contributed by atoms with Crippen molar-refractivity contribution in [1.82, 2.24) is 4.31 Å². The van der Waals surface area contributed by atoms with Crippen LogP contribution in [0.25, 0.3) is 11.0 Å². The van der Waals surface area contributed by atoms with E-state index in [0.29, 0.717) is 34.8 Å². The molecule has 2 aromatic heterocycles. The number of carbonyl (C=O) groups is 1. The first-order valence-corrected chi connectivity index (χ1v) is 12.0. The van der Waals surface area contributed by atoms with Gasteiger partial charge >= 0.3 is 11.6 Å². The van der Waals surface area contributed by atoms with Gasteiger partial charge in [-0.1, -0.05) is 11.6 Å². The van der Waals surface area contributed by atoms with E-state index in [2.05, 4.69) is 0 Å². The molecule has 3 aromatic rings. The summed E-state index contributed by atoms with van der Waals surface area (Å²) in [4.78, 5) is 24.5. The fraction of sp³-hybridized carbons (Fsp3) is 0.300. The van der Waals surface area contributed by atoms with Crippen LogP contribution in [-0.2, 0) is 26.1 Å². The van der Waals surface area contributed by atoms with Gasteiger partial charge in [-0.15, -0.1) is 11.3 Å². The summed E-state index contributed by atoms with van der Waals surface area (Å²) in [5.41, 5.74) is 0.887. The smallest absolute Gasteiger partial charge is 0.350 e. The third kappa shape index (κ3) is 4.39. The van der Waals surface area contributed by atoms with Crippen LogP contribution >= 0.6 is 22.9 Å². The summed E-state index contributed by atoms with van der Waals surface area (Å²) in [5.74, 6) is -0.790. The fourth-order valence-corrected chi connectivity index (χ4v) is 6.11. The number of sulfonamides is 1. The number of hydrogen-bond donors (Lipinski definition) is 0. The largest absolute Gasteiger partial charge is 0.457 e. The Hall–Kier alpha value is -2.24. The SMILES string of the molecule is Cc1cc2oc(=O)cc(COC(=O)c3sccc3S(=O)(=O)N3CCOCC3)c2cc1Cl. The highest BCUT2D eigenvalue weighted by Crippen LogP contribution is 2.28. The fourth-order valence-electron chi connectivity index (χ4n) is 3.25. The van der Waals surface area contributed by atoms with Gasteiger partial charge in [0.05, 0.1) is 13.2 Å². The summed E-state index contributed by atoms with van der Waals surface area (Å²) in [5, 5.41) is 2.54. The zero-order chi connectivity index (χ0) is 22.2. The minimum absolute atomic E-state index is 0.0207. The van der Waals surface area contributed by atoms with Crippen LogP contribution in [0.4, 0.5) is 0 Å². The van der Waals surface area contributed by atoms with Crippen molar-refractivity contribution in [2.24, 2.45) is 0 Å². The van der Waals surface area contributed by atoms with E-state index in [9.17, 15) is 18.0 Å². The molecule has 31 heavy (non-hydrogen) atoms. The van der Waals surface area contributed by atoms with Gasteiger partial charge in [-0.3, -0.25) is 0 Å². The summed E-state index contributed by atoms with van der Waals surface area (Å²) in [6, 6.07) is 5.89. The second-order valence-electron chi connectivity index (χ2n) is 6.89. The molecule has 3 heterocycles. The Morgan fingerprint density at radius 3 is 2.74 bits per heavy atom. The van der Waals surface area contributed by atoms with E-state index >= 15 is 0 Å². The highest BCUT2D eigenvalue weighted by Gasteiger charge is 2.32. The van der Waals surface area contributed by atoms with Gasteiger partial charge in [0.2, 0.25) is 10.0 Å². The lowest BCUT2D eigenvalue weighted by Crippen LogP contribution is -2.40. The van der Waals surface area contributed by atoms with Gasteiger partial charge in [0.1, 0.15) is 22.0 Å². The Labute approximate surface area is 187 Å². The molecule has 0 radical (unpaired) electrons. The minimum atomic E-state index is -3.85. The van der Waals surface area contributed by atoms with Gasteiger partial charge in [0.25, 0.3) is 0 Å². The van der Waals surface area contributed by atoms with Crippen LogP contribution in [0, 0.1) is 6.92 Å². The van der Waals surface area contributed by atoms with Gasteiger partial charge in [-0.25, -0.2) is 18.0 Å². The normalized spacial score (nSPS) is 15.3. The lowest BCUT2D eigenvalue weighted by atomic mass is 10.1. The first kappa shape index (κ1) is 22.0. The number of benzene rings is 1. The number of rotatable bonds is 5. The topological polar surface area (TPSA) is 103 Å².